The molecule has 2 fully saturated rings. The van der Waals surface area contributed by atoms with E-state index >= 15 is 0 Å². The van der Waals surface area contributed by atoms with E-state index in [2.05, 4.69) is 25.2 Å². The van der Waals surface area contributed by atoms with Crippen molar-refractivity contribution in [1.82, 2.24) is 15.0 Å². The maximum Gasteiger partial charge on any atom is 0.143 e. The number of hydrogen-bond acceptors (Lipinski definition) is 6. The number of hydrogen-bond donors (Lipinski definition) is 2. The molecule has 0 amide bonds. The molecule has 8 heteroatoms. The van der Waals surface area contributed by atoms with E-state index in [4.69, 9.17) is 9.47 Å². The van der Waals surface area contributed by atoms with Crippen LogP contribution < -0.4 is 10.2 Å². The number of fused-ring (bicyclic) bond motifs is 2. The van der Waals surface area contributed by atoms with Crippen LogP contribution in [-0.4, -0.2) is 59.5 Å². The molecule has 0 aliphatic carbocycles. The predicted octanol–water partition coefficient (Wildman–Crippen LogP) is 2.49. The summed E-state index contributed by atoms with van der Waals surface area (Å²) in [6.07, 6.45) is 1.83. The monoisotopic (exact) mass is 383 g/mol. The Kier molecular flexibility index (Phi) is 4.37. The third-order valence-corrected chi connectivity index (χ3v) is 5.24. The fraction of sp³-hybridized carbons (Fsp3) is 0.400. The minimum atomic E-state index is -0.260. The van der Waals surface area contributed by atoms with Crippen molar-refractivity contribution in [3.8, 4) is 0 Å². The lowest BCUT2D eigenvalue weighted by molar-refractivity contribution is -0.00461. The van der Waals surface area contributed by atoms with Crippen molar-refractivity contribution in [3.63, 3.8) is 0 Å². The molecule has 28 heavy (non-hydrogen) atoms. The number of aromatic amines is 1. The maximum absolute atomic E-state index is 13.4. The second kappa shape index (κ2) is 7.03. The number of rotatable bonds is 3. The molecule has 0 bridgehead atoms. The average molecular weight is 383 g/mol. The molecule has 2 N–H and O–H groups in total. The van der Waals surface area contributed by atoms with Crippen LogP contribution in [0.1, 0.15) is 5.82 Å². The van der Waals surface area contributed by atoms with Crippen LogP contribution in [0, 0.1) is 12.7 Å². The van der Waals surface area contributed by atoms with E-state index in [0.29, 0.717) is 26.3 Å². The number of nitrogens with one attached hydrogen (secondary N) is 2. The van der Waals surface area contributed by atoms with E-state index in [1.807, 2.05) is 25.3 Å². The van der Waals surface area contributed by atoms with Gasteiger partial charge in [-0.25, -0.2) is 14.4 Å². The molecule has 0 spiro atoms. The topological polar surface area (TPSA) is 75.3 Å². The molecule has 4 heterocycles. The predicted molar refractivity (Wildman–Crippen MR) is 104 cm³/mol. The molecule has 3 aromatic rings. The summed E-state index contributed by atoms with van der Waals surface area (Å²) in [5.74, 6) is 1.39. The lowest BCUT2D eigenvalue weighted by atomic mass is 10.2. The molecule has 2 aromatic heterocycles. The Labute approximate surface area is 161 Å². The molecule has 2 atom stereocenters. The van der Waals surface area contributed by atoms with Crippen LogP contribution in [0.4, 0.5) is 15.9 Å². The highest BCUT2D eigenvalue weighted by atomic mass is 19.1. The highest BCUT2D eigenvalue weighted by molar-refractivity contribution is 5.87. The Hall–Kier alpha value is -2.71. The third-order valence-electron chi connectivity index (χ3n) is 5.24. The van der Waals surface area contributed by atoms with Gasteiger partial charge in [0.2, 0.25) is 0 Å². The van der Waals surface area contributed by atoms with E-state index < -0.39 is 0 Å². The lowest BCUT2D eigenvalue weighted by Gasteiger charge is -2.21. The van der Waals surface area contributed by atoms with Gasteiger partial charge in [0.25, 0.3) is 0 Å². The molecule has 2 saturated heterocycles. The van der Waals surface area contributed by atoms with Gasteiger partial charge in [0.1, 0.15) is 35.3 Å². The molecule has 2 aliphatic rings. The fourth-order valence-corrected chi connectivity index (χ4v) is 3.94. The van der Waals surface area contributed by atoms with Crippen molar-refractivity contribution in [3.05, 3.63) is 48.2 Å². The molecule has 2 aliphatic heterocycles. The number of ether oxygens (including phenoxy) is 2. The largest absolute Gasteiger partial charge is 0.378 e. The number of H-pyrrole nitrogens is 1. The van der Waals surface area contributed by atoms with Gasteiger partial charge in [-0.2, -0.15) is 0 Å². The Bertz CT molecular complexity index is 978. The fourth-order valence-electron chi connectivity index (χ4n) is 3.94. The Balaban J connectivity index is 1.28. The summed E-state index contributed by atoms with van der Waals surface area (Å²) in [4.78, 5) is 14.5. The normalized spacial score (nSPS) is 23.0. The number of benzene rings is 1. The summed E-state index contributed by atoms with van der Waals surface area (Å²) in [6.45, 7) is 4.34. The number of aromatic nitrogens is 3. The Morgan fingerprint density at radius 1 is 1.14 bits per heavy atom. The van der Waals surface area contributed by atoms with Gasteiger partial charge in [-0.15, -0.1) is 0 Å². The van der Waals surface area contributed by atoms with Crippen LogP contribution in [0.25, 0.3) is 11.0 Å². The van der Waals surface area contributed by atoms with Crippen LogP contribution in [0.5, 0.6) is 0 Å². The molecule has 0 radical (unpaired) electrons. The standard InChI is InChI=1S/C20H22FN5O2/c1-12-23-19-16(5-6-22-19)20(24-12)26-8-17-18(9-26)28-11-15(10-27-17)25-14-4-2-3-13(21)7-14/h2-7,15,17-18,25H,8-11H2,1H3,(H,22,23,24)/t17-,18-/m0/s1. The van der Waals surface area contributed by atoms with Gasteiger partial charge in [-0.05, 0) is 31.2 Å². The smallest absolute Gasteiger partial charge is 0.143 e. The maximum atomic E-state index is 13.4. The van der Waals surface area contributed by atoms with Crippen molar-refractivity contribution in [2.24, 2.45) is 0 Å². The van der Waals surface area contributed by atoms with Crippen LogP contribution >= 0.6 is 0 Å². The van der Waals surface area contributed by atoms with E-state index in [1.54, 1.807) is 6.07 Å². The SMILES string of the molecule is Cc1nc(N2C[C@@H]3OCC(Nc4cccc(F)c4)CO[C@H]3C2)c2cc[nH]c2n1. The van der Waals surface area contributed by atoms with Crippen LogP contribution in [0.2, 0.25) is 0 Å². The number of anilines is 2. The van der Waals surface area contributed by atoms with E-state index in [9.17, 15) is 4.39 Å². The molecule has 0 unspecified atom stereocenters. The van der Waals surface area contributed by atoms with Gasteiger partial charge in [0.05, 0.1) is 24.6 Å². The minimum absolute atomic E-state index is 0.0153. The first-order valence-electron chi connectivity index (χ1n) is 9.48. The van der Waals surface area contributed by atoms with Gasteiger partial charge in [0.15, 0.2) is 0 Å². The molecular formula is C20H22FN5O2. The number of nitrogens with zero attached hydrogens (tertiary/aromatic N) is 3. The van der Waals surface area contributed by atoms with Gasteiger partial charge in [-0.1, -0.05) is 6.07 Å². The molecule has 0 saturated carbocycles. The molecule has 1 aromatic carbocycles. The zero-order valence-electron chi connectivity index (χ0n) is 15.6. The van der Waals surface area contributed by atoms with Crippen molar-refractivity contribution < 1.29 is 13.9 Å². The van der Waals surface area contributed by atoms with Crippen molar-refractivity contribution in [1.29, 1.82) is 0 Å². The van der Waals surface area contributed by atoms with Gasteiger partial charge < -0.3 is 24.7 Å². The molecule has 7 nitrogen and oxygen atoms in total. The second-order valence-electron chi connectivity index (χ2n) is 7.33. The van der Waals surface area contributed by atoms with E-state index in [1.165, 1.54) is 12.1 Å². The van der Waals surface area contributed by atoms with Crippen LogP contribution in [-0.2, 0) is 9.47 Å². The zero-order valence-corrected chi connectivity index (χ0v) is 15.6. The van der Waals surface area contributed by atoms with Crippen molar-refractivity contribution >= 4 is 22.5 Å². The summed E-state index contributed by atoms with van der Waals surface area (Å²) >= 11 is 0. The quantitative estimate of drug-likeness (QED) is 0.724. The van der Waals surface area contributed by atoms with Crippen LogP contribution in [0.3, 0.4) is 0 Å². The molecular weight excluding hydrogens is 361 g/mol. The van der Waals surface area contributed by atoms with Crippen LogP contribution in [0.15, 0.2) is 36.5 Å². The summed E-state index contributed by atoms with van der Waals surface area (Å²) in [5.41, 5.74) is 1.58. The van der Waals surface area contributed by atoms with Crippen molar-refractivity contribution in [2.75, 3.05) is 36.5 Å². The first kappa shape index (κ1) is 17.4. The highest BCUT2D eigenvalue weighted by Gasteiger charge is 2.38. The lowest BCUT2D eigenvalue weighted by Crippen LogP contribution is -2.31. The molecule has 146 valence electrons. The van der Waals surface area contributed by atoms with E-state index in [0.717, 1.165) is 28.4 Å². The van der Waals surface area contributed by atoms with Gasteiger partial charge in [-0.3, -0.25) is 0 Å². The van der Waals surface area contributed by atoms with Gasteiger partial charge >= 0.3 is 0 Å². The zero-order chi connectivity index (χ0) is 19.1. The first-order chi connectivity index (χ1) is 13.7. The highest BCUT2D eigenvalue weighted by Crippen LogP contribution is 2.29. The Morgan fingerprint density at radius 3 is 2.68 bits per heavy atom. The Morgan fingerprint density at radius 2 is 1.93 bits per heavy atom. The second-order valence-corrected chi connectivity index (χ2v) is 7.33. The number of halogens is 1. The third kappa shape index (κ3) is 3.29. The van der Waals surface area contributed by atoms with Crippen molar-refractivity contribution in [2.45, 2.75) is 25.2 Å². The summed E-state index contributed by atoms with van der Waals surface area (Å²) in [6, 6.07) is 8.43. The number of aryl methyl sites for hydroxylation is 1. The van der Waals surface area contributed by atoms with Gasteiger partial charge in [0, 0.05) is 25.0 Å². The van der Waals surface area contributed by atoms with E-state index in [-0.39, 0.29) is 24.1 Å². The average Bonchev–Trinajstić information content (AvgIpc) is 3.26. The first-order valence-corrected chi connectivity index (χ1v) is 9.48. The summed E-state index contributed by atoms with van der Waals surface area (Å²) in [7, 11) is 0. The minimum Gasteiger partial charge on any atom is -0.378 e. The molecule has 5 rings (SSSR count). The summed E-state index contributed by atoms with van der Waals surface area (Å²) in [5, 5.41) is 4.30. The summed E-state index contributed by atoms with van der Waals surface area (Å²) < 4.78 is 25.7.